The zero-order valence-electron chi connectivity index (χ0n) is 10.0. The van der Waals surface area contributed by atoms with Crippen LogP contribution in [-0.2, 0) is 0 Å². The van der Waals surface area contributed by atoms with Crippen LogP contribution in [0.15, 0.2) is 0 Å². The minimum atomic E-state index is 0.161. The van der Waals surface area contributed by atoms with Crippen LogP contribution in [0.3, 0.4) is 0 Å². The van der Waals surface area contributed by atoms with Crippen LogP contribution in [0.5, 0.6) is 0 Å². The van der Waals surface area contributed by atoms with Crippen molar-refractivity contribution in [3.05, 3.63) is 0 Å². The molecule has 2 nitrogen and oxygen atoms in total. The van der Waals surface area contributed by atoms with Crippen molar-refractivity contribution >= 4 is 0 Å². The molecular formula is C12H24N2. The molecule has 0 rings (SSSR count). The summed E-state index contributed by atoms with van der Waals surface area (Å²) in [5.41, 5.74) is 0. The molecule has 0 bridgehead atoms. The average molecular weight is 196 g/mol. The lowest BCUT2D eigenvalue weighted by atomic mass is 9.97. The van der Waals surface area contributed by atoms with E-state index < -0.39 is 0 Å². The van der Waals surface area contributed by atoms with Gasteiger partial charge in [-0.1, -0.05) is 27.7 Å². The van der Waals surface area contributed by atoms with Gasteiger partial charge in [-0.25, -0.2) is 0 Å². The number of nitriles is 1. The summed E-state index contributed by atoms with van der Waals surface area (Å²) in [7, 11) is 0. The maximum Gasteiger partial charge on any atom is 0.0671 e. The molecule has 14 heavy (non-hydrogen) atoms. The Morgan fingerprint density at radius 1 is 1.21 bits per heavy atom. The Morgan fingerprint density at radius 3 is 2.29 bits per heavy atom. The fourth-order valence-electron chi connectivity index (χ4n) is 1.32. The Morgan fingerprint density at radius 2 is 1.86 bits per heavy atom. The fraction of sp³-hybridized carbons (Fsp3) is 0.917. The molecule has 0 radical (unpaired) electrons. The fourth-order valence-corrected chi connectivity index (χ4v) is 1.32. The molecule has 0 aromatic rings. The van der Waals surface area contributed by atoms with Crippen molar-refractivity contribution in [1.29, 1.82) is 5.26 Å². The molecule has 0 aromatic carbocycles. The van der Waals surface area contributed by atoms with E-state index in [-0.39, 0.29) is 5.92 Å². The first-order valence-corrected chi connectivity index (χ1v) is 5.68. The summed E-state index contributed by atoms with van der Waals surface area (Å²) in [5, 5.41) is 12.2. The number of nitrogens with one attached hydrogen (secondary N) is 1. The quantitative estimate of drug-likeness (QED) is 0.636. The molecule has 0 saturated carbocycles. The molecule has 0 saturated heterocycles. The molecular weight excluding hydrogens is 172 g/mol. The van der Waals surface area contributed by atoms with Crippen LogP contribution in [0.2, 0.25) is 0 Å². The van der Waals surface area contributed by atoms with E-state index in [0.717, 1.165) is 19.0 Å². The summed E-state index contributed by atoms with van der Waals surface area (Å²) >= 11 is 0. The number of nitrogens with zero attached hydrogens (tertiary/aromatic N) is 1. The predicted octanol–water partition coefficient (Wildman–Crippen LogP) is 2.81. The van der Waals surface area contributed by atoms with E-state index in [2.05, 4.69) is 39.1 Å². The van der Waals surface area contributed by atoms with Gasteiger partial charge in [0.25, 0.3) is 0 Å². The summed E-state index contributed by atoms with van der Waals surface area (Å²) in [5.74, 6) is 1.40. The molecule has 0 aliphatic heterocycles. The monoisotopic (exact) mass is 196 g/mol. The second-order valence-electron chi connectivity index (χ2n) is 4.72. The maximum atomic E-state index is 8.85. The largest absolute Gasteiger partial charge is 0.315 e. The van der Waals surface area contributed by atoms with Crippen LogP contribution in [0.25, 0.3) is 0 Å². The van der Waals surface area contributed by atoms with Gasteiger partial charge in [0.15, 0.2) is 0 Å². The lowest BCUT2D eigenvalue weighted by molar-refractivity contribution is 0.432. The van der Waals surface area contributed by atoms with Gasteiger partial charge in [0.05, 0.1) is 12.0 Å². The molecule has 1 N–H and O–H groups in total. The van der Waals surface area contributed by atoms with Gasteiger partial charge in [-0.3, -0.25) is 0 Å². The first kappa shape index (κ1) is 13.4. The predicted molar refractivity (Wildman–Crippen MR) is 60.9 cm³/mol. The number of hydrogen-bond donors (Lipinski definition) is 1. The van der Waals surface area contributed by atoms with Crippen LogP contribution >= 0.6 is 0 Å². The Bertz CT molecular complexity index is 168. The van der Waals surface area contributed by atoms with Crippen molar-refractivity contribution in [3.63, 3.8) is 0 Å². The summed E-state index contributed by atoms with van der Waals surface area (Å²) in [6.45, 7) is 10.6. The number of hydrogen-bond acceptors (Lipinski definition) is 2. The second-order valence-corrected chi connectivity index (χ2v) is 4.72. The molecule has 0 fully saturated rings. The third kappa shape index (κ3) is 6.91. The molecule has 0 heterocycles. The molecule has 0 aliphatic rings. The zero-order valence-corrected chi connectivity index (χ0v) is 10.0. The first-order chi connectivity index (χ1) is 6.57. The first-order valence-electron chi connectivity index (χ1n) is 5.68. The van der Waals surface area contributed by atoms with E-state index in [1.165, 1.54) is 12.8 Å². The minimum absolute atomic E-state index is 0.161. The van der Waals surface area contributed by atoms with E-state index in [4.69, 9.17) is 5.26 Å². The van der Waals surface area contributed by atoms with Crippen LogP contribution in [0.1, 0.15) is 40.5 Å². The van der Waals surface area contributed by atoms with Crippen molar-refractivity contribution < 1.29 is 0 Å². The van der Waals surface area contributed by atoms with Gasteiger partial charge in [0.1, 0.15) is 0 Å². The van der Waals surface area contributed by atoms with Gasteiger partial charge in [-0.15, -0.1) is 0 Å². The highest BCUT2D eigenvalue weighted by atomic mass is 14.9. The summed E-state index contributed by atoms with van der Waals surface area (Å²) in [6.07, 6.45) is 2.49. The van der Waals surface area contributed by atoms with Gasteiger partial charge in [-0.2, -0.15) is 5.26 Å². The van der Waals surface area contributed by atoms with Crippen molar-refractivity contribution in [2.45, 2.75) is 40.5 Å². The van der Waals surface area contributed by atoms with Gasteiger partial charge >= 0.3 is 0 Å². The summed E-state index contributed by atoms with van der Waals surface area (Å²) < 4.78 is 0. The molecule has 82 valence electrons. The van der Waals surface area contributed by atoms with E-state index >= 15 is 0 Å². The van der Waals surface area contributed by atoms with Crippen molar-refractivity contribution in [3.8, 4) is 6.07 Å². The van der Waals surface area contributed by atoms with E-state index in [1.807, 2.05) is 0 Å². The standard InChI is InChI=1S/C12H24N2/c1-10(2)6-5-7-14-9-12(8-13)11(3)4/h10-12,14H,5-7,9H2,1-4H3. The second kappa shape index (κ2) is 7.82. The van der Waals surface area contributed by atoms with Gasteiger partial charge in [0.2, 0.25) is 0 Å². The normalized spacial score (nSPS) is 13.2. The highest BCUT2D eigenvalue weighted by Gasteiger charge is 2.10. The average Bonchev–Trinajstić information content (AvgIpc) is 2.10. The molecule has 1 unspecified atom stereocenters. The lowest BCUT2D eigenvalue weighted by Gasteiger charge is -2.13. The van der Waals surface area contributed by atoms with Crippen molar-refractivity contribution in [2.24, 2.45) is 17.8 Å². The van der Waals surface area contributed by atoms with Crippen LogP contribution < -0.4 is 5.32 Å². The third-order valence-electron chi connectivity index (χ3n) is 2.47. The van der Waals surface area contributed by atoms with E-state index in [9.17, 15) is 0 Å². The highest BCUT2D eigenvalue weighted by molar-refractivity contribution is 4.86. The highest BCUT2D eigenvalue weighted by Crippen LogP contribution is 2.08. The lowest BCUT2D eigenvalue weighted by Crippen LogP contribution is -2.26. The zero-order chi connectivity index (χ0) is 11.0. The molecule has 0 spiro atoms. The van der Waals surface area contributed by atoms with Crippen LogP contribution in [0, 0.1) is 29.1 Å². The van der Waals surface area contributed by atoms with E-state index in [1.54, 1.807) is 0 Å². The Hall–Kier alpha value is -0.550. The minimum Gasteiger partial charge on any atom is -0.315 e. The SMILES string of the molecule is CC(C)CCCNCC(C#N)C(C)C. The molecule has 0 aromatic heterocycles. The van der Waals surface area contributed by atoms with Gasteiger partial charge in [-0.05, 0) is 31.2 Å². The summed E-state index contributed by atoms with van der Waals surface area (Å²) in [4.78, 5) is 0. The molecule has 0 amide bonds. The Kier molecular flexibility index (Phi) is 7.51. The van der Waals surface area contributed by atoms with Crippen LogP contribution in [-0.4, -0.2) is 13.1 Å². The third-order valence-corrected chi connectivity index (χ3v) is 2.47. The Balaban J connectivity index is 3.40. The van der Waals surface area contributed by atoms with Gasteiger partial charge < -0.3 is 5.32 Å². The topological polar surface area (TPSA) is 35.8 Å². The summed E-state index contributed by atoms with van der Waals surface area (Å²) in [6, 6.07) is 2.34. The number of rotatable bonds is 7. The van der Waals surface area contributed by atoms with E-state index in [0.29, 0.717) is 5.92 Å². The van der Waals surface area contributed by atoms with Gasteiger partial charge in [0, 0.05) is 6.54 Å². The smallest absolute Gasteiger partial charge is 0.0671 e. The molecule has 2 heteroatoms. The molecule has 1 atom stereocenters. The van der Waals surface area contributed by atoms with Crippen molar-refractivity contribution in [2.75, 3.05) is 13.1 Å². The molecule has 0 aliphatic carbocycles. The van der Waals surface area contributed by atoms with Crippen LogP contribution in [0.4, 0.5) is 0 Å². The maximum absolute atomic E-state index is 8.85. The Labute approximate surface area is 88.7 Å². The van der Waals surface area contributed by atoms with Crippen molar-refractivity contribution in [1.82, 2.24) is 5.32 Å².